The van der Waals surface area contributed by atoms with Crippen molar-refractivity contribution in [3.8, 4) is 5.69 Å². The summed E-state index contributed by atoms with van der Waals surface area (Å²) in [5, 5.41) is 17.6. The number of hydrogen-bond donors (Lipinski definition) is 1. The summed E-state index contributed by atoms with van der Waals surface area (Å²) in [6, 6.07) is 17.3. The first-order valence-corrected chi connectivity index (χ1v) is 12.2. The molecule has 0 saturated carbocycles. The molecule has 0 radical (unpaired) electrons. The summed E-state index contributed by atoms with van der Waals surface area (Å²) in [6.07, 6.45) is 0. The van der Waals surface area contributed by atoms with Crippen LogP contribution in [-0.2, 0) is 5.75 Å². The minimum atomic E-state index is -0.291. The van der Waals surface area contributed by atoms with Gasteiger partial charge in [-0.15, -0.1) is 10.2 Å². The van der Waals surface area contributed by atoms with Gasteiger partial charge in [-0.1, -0.05) is 47.4 Å². The number of fused-ring (bicyclic) bond motifs is 1. The maximum Gasteiger partial charge on any atom is 0.291 e. The van der Waals surface area contributed by atoms with Gasteiger partial charge in [0, 0.05) is 28.1 Å². The number of carbonyl (C=O) groups is 1. The Kier molecular flexibility index (Phi) is 5.74. The van der Waals surface area contributed by atoms with E-state index in [1.54, 1.807) is 11.8 Å². The number of para-hydroxylation sites is 1. The summed E-state index contributed by atoms with van der Waals surface area (Å²) in [5.74, 6) is 0.572. The third-order valence-electron chi connectivity index (χ3n) is 5.11. The van der Waals surface area contributed by atoms with Crippen LogP contribution in [-0.4, -0.2) is 25.9 Å². The smallest absolute Gasteiger partial charge is 0.291 e. The minimum absolute atomic E-state index is 0.291. The predicted octanol–water partition coefficient (Wildman–Crippen LogP) is 5.94. The van der Waals surface area contributed by atoms with E-state index in [0.717, 1.165) is 37.4 Å². The number of carbonyl (C=O) groups excluding carboxylic acids is 1. The van der Waals surface area contributed by atoms with E-state index in [1.807, 2.05) is 80.1 Å². The molecule has 3 aromatic heterocycles. The van der Waals surface area contributed by atoms with Crippen molar-refractivity contribution in [1.29, 1.82) is 0 Å². The van der Waals surface area contributed by atoms with Gasteiger partial charge in [-0.3, -0.25) is 4.79 Å². The van der Waals surface area contributed by atoms with Gasteiger partial charge >= 0.3 is 0 Å². The number of anilines is 1. The Labute approximate surface area is 198 Å². The molecular weight excluding hydrogens is 454 g/mol. The van der Waals surface area contributed by atoms with Crippen LogP contribution in [0.2, 0.25) is 0 Å². The van der Waals surface area contributed by atoms with Gasteiger partial charge in [0.25, 0.3) is 5.91 Å². The third kappa shape index (κ3) is 4.42. The summed E-state index contributed by atoms with van der Waals surface area (Å²) < 4.78 is 8.71. The second-order valence-electron chi connectivity index (χ2n) is 7.62. The number of hydrogen-bond acceptors (Lipinski definition) is 7. The quantitative estimate of drug-likeness (QED) is 0.306. The Morgan fingerprint density at radius 3 is 2.70 bits per heavy atom. The van der Waals surface area contributed by atoms with Gasteiger partial charge in [0.2, 0.25) is 0 Å². The molecule has 1 N–H and O–H groups in total. The zero-order valence-electron chi connectivity index (χ0n) is 18.3. The molecule has 1 amide bonds. The number of aromatic nitrogens is 4. The highest BCUT2D eigenvalue weighted by Crippen LogP contribution is 2.33. The van der Waals surface area contributed by atoms with Gasteiger partial charge in [-0.05, 0) is 51.1 Å². The Hall–Kier alpha value is -3.43. The molecule has 166 valence electrons. The predicted molar refractivity (Wildman–Crippen MR) is 131 cm³/mol. The van der Waals surface area contributed by atoms with Crippen molar-refractivity contribution in [2.24, 2.45) is 0 Å². The van der Waals surface area contributed by atoms with Crippen LogP contribution < -0.4 is 5.32 Å². The Morgan fingerprint density at radius 1 is 1.09 bits per heavy atom. The average Bonchev–Trinajstić information content (AvgIpc) is 3.48. The largest absolute Gasteiger partial charge is 0.451 e. The first-order valence-electron chi connectivity index (χ1n) is 10.4. The fourth-order valence-corrected chi connectivity index (χ4v) is 5.53. The zero-order valence-corrected chi connectivity index (χ0v) is 20.0. The van der Waals surface area contributed by atoms with Crippen LogP contribution in [0.15, 0.2) is 63.4 Å². The lowest BCUT2D eigenvalue weighted by Crippen LogP contribution is -2.13. The molecule has 0 atom stereocenters. The molecule has 0 aliphatic carbocycles. The molecule has 5 rings (SSSR count). The molecule has 9 heteroatoms. The fourth-order valence-electron chi connectivity index (χ4n) is 3.69. The molecule has 0 fully saturated rings. The number of nitrogens with zero attached hydrogens (tertiary/aromatic N) is 4. The van der Waals surface area contributed by atoms with E-state index in [1.165, 1.54) is 11.3 Å². The Morgan fingerprint density at radius 2 is 1.94 bits per heavy atom. The van der Waals surface area contributed by atoms with Crippen LogP contribution in [0.25, 0.3) is 16.7 Å². The Balaban J connectivity index is 1.44. The lowest BCUT2D eigenvalue weighted by Gasteiger charge is -2.09. The van der Waals surface area contributed by atoms with Gasteiger partial charge in [0.05, 0.1) is 11.4 Å². The molecule has 0 unspecified atom stereocenters. The number of nitrogens with one attached hydrogen (secondary N) is 1. The van der Waals surface area contributed by atoms with Crippen LogP contribution >= 0.6 is 23.1 Å². The maximum absolute atomic E-state index is 13.3. The van der Waals surface area contributed by atoms with Crippen LogP contribution in [0.1, 0.15) is 32.5 Å². The van der Waals surface area contributed by atoms with Gasteiger partial charge in [-0.2, -0.15) is 5.10 Å². The van der Waals surface area contributed by atoms with E-state index in [2.05, 4.69) is 20.6 Å². The number of rotatable bonds is 6. The minimum Gasteiger partial charge on any atom is -0.451 e. The normalized spacial score (nSPS) is 11.2. The molecule has 5 aromatic rings. The van der Waals surface area contributed by atoms with Crippen molar-refractivity contribution in [3.63, 3.8) is 0 Å². The molecule has 0 aliphatic rings. The van der Waals surface area contributed by atoms with Crippen molar-refractivity contribution in [2.45, 2.75) is 30.9 Å². The van der Waals surface area contributed by atoms with Crippen LogP contribution in [0.4, 0.5) is 5.69 Å². The average molecular weight is 476 g/mol. The van der Waals surface area contributed by atoms with Crippen molar-refractivity contribution in [1.82, 2.24) is 20.0 Å². The molecule has 33 heavy (non-hydrogen) atoms. The highest BCUT2D eigenvalue weighted by Gasteiger charge is 2.21. The molecule has 0 bridgehead atoms. The lowest BCUT2D eigenvalue weighted by atomic mass is 10.1. The molecular formula is C24H21N5O2S2. The first kappa shape index (κ1) is 21.4. The summed E-state index contributed by atoms with van der Waals surface area (Å²) >= 11 is 3.08. The van der Waals surface area contributed by atoms with E-state index in [9.17, 15) is 4.79 Å². The Bertz CT molecular complexity index is 1470. The van der Waals surface area contributed by atoms with Gasteiger partial charge in [-0.25, -0.2) is 4.68 Å². The summed E-state index contributed by atoms with van der Waals surface area (Å²) in [7, 11) is 0. The first-order chi connectivity index (χ1) is 16.0. The number of thioether (sulfide) groups is 1. The SMILES string of the molecule is Cc1cc(C)n(-c2cccc(NC(=O)c3oc4ccccc4c3CSc3nnc(C)s3)c2)n1. The summed E-state index contributed by atoms with van der Waals surface area (Å²) in [4.78, 5) is 13.3. The van der Waals surface area contributed by atoms with Crippen molar-refractivity contribution in [3.05, 3.63) is 82.3 Å². The van der Waals surface area contributed by atoms with E-state index < -0.39 is 0 Å². The molecule has 7 nitrogen and oxygen atoms in total. The second-order valence-corrected chi connectivity index (χ2v) is 10.0. The number of furan rings is 1. The summed E-state index contributed by atoms with van der Waals surface area (Å²) in [6.45, 7) is 5.89. The number of amides is 1. The summed E-state index contributed by atoms with van der Waals surface area (Å²) in [5.41, 5.74) is 5.05. The molecule has 2 aromatic carbocycles. The zero-order chi connectivity index (χ0) is 22.9. The highest BCUT2D eigenvalue weighted by atomic mass is 32.2. The fraction of sp³-hybridized carbons (Fsp3) is 0.167. The molecule has 0 spiro atoms. The third-order valence-corrected chi connectivity index (χ3v) is 7.11. The second kappa shape index (κ2) is 8.84. The van der Waals surface area contributed by atoms with E-state index in [4.69, 9.17) is 4.42 Å². The lowest BCUT2D eigenvalue weighted by molar-refractivity contribution is 0.0998. The van der Waals surface area contributed by atoms with Crippen LogP contribution in [0, 0.1) is 20.8 Å². The van der Waals surface area contributed by atoms with Crippen molar-refractivity contribution in [2.75, 3.05) is 5.32 Å². The maximum atomic E-state index is 13.3. The van der Waals surface area contributed by atoms with Gasteiger partial charge < -0.3 is 9.73 Å². The molecule has 3 heterocycles. The van der Waals surface area contributed by atoms with Gasteiger partial charge in [0.15, 0.2) is 10.1 Å². The highest BCUT2D eigenvalue weighted by molar-refractivity contribution is 8.00. The van der Waals surface area contributed by atoms with Crippen LogP contribution in [0.5, 0.6) is 0 Å². The van der Waals surface area contributed by atoms with E-state index in [-0.39, 0.29) is 5.91 Å². The monoisotopic (exact) mass is 475 g/mol. The number of aryl methyl sites for hydroxylation is 3. The topological polar surface area (TPSA) is 85.8 Å². The van der Waals surface area contributed by atoms with E-state index >= 15 is 0 Å². The van der Waals surface area contributed by atoms with Crippen molar-refractivity contribution >= 4 is 45.7 Å². The molecule has 0 saturated heterocycles. The van der Waals surface area contributed by atoms with E-state index in [0.29, 0.717) is 22.8 Å². The van der Waals surface area contributed by atoms with Crippen LogP contribution in [0.3, 0.4) is 0 Å². The van der Waals surface area contributed by atoms with Crippen molar-refractivity contribution < 1.29 is 9.21 Å². The number of benzene rings is 2. The van der Waals surface area contributed by atoms with Gasteiger partial charge in [0.1, 0.15) is 10.6 Å². The standard InChI is InChI=1S/C24H21N5O2S2/c1-14-11-15(2)29(28-14)18-8-6-7-17(12-18)25-23(30)22-20(13-32-24-27-26-16(3)33-24)19-9-4-5-10-21(19)31-22/h4-12H,13H2,1-3H3,(H,25,30). The molecule has 0 aliphatic heterocycles.